The zero-order valence-corrected chi connectivity index (χ0v) is 9.57. The number of ketones is 1. The van der Waals surface area contributed by atoms with Crippen LogP contribution in [0.1, 0.15) is 29.8 Å². The highest BCUT2D eigenvalue weighted by Gasteiger charge is 2.53. The van der Waals surface area contributed by atoms with E-state index in [-0.39, 0.29) is 18.6 Å². The largest absolute Gasteiger partial charge is 0.481 e. The molecular weight excluding hydrogens is 208 g/mol. The van der Waals surface area contributed by atoms with Gasteiger partial charge >= 0.3 is 5.97 Å². The lowest BCUT2D eigenvalue weighted by Gasteiger charge is -2.36. The van der Waals surface area contributed by atoms with E-state index in [9.17, 15) is 14.7 Å². The van der Waals surface area contributed by atoms with E-state index in [1.807, 2.05) is 6.92 Å². The van der Waals surface area contributed by atoms with E-state index in [4.69, 9.17) is 0 Å². The molecule has 5 nitrogen and oxygen atoms in total. The van der Waals surface area contributed by atoms with Crippen molar-refractivity contribution in [2.75, 3.05) is 0 Å². The first-order valence-electron chi connectivity index (χ1n) is 5.14. The average molecular weight is 222 g/mol. The molecule has 5 heteroatoms. The van der Waals surface area contributed by atoms with Gasteiger partial charge in [-0.3, -0.25) is 14.3 Å². The van der Waals surface area contributed by atoms with Crippen molar-refractivity contribution in [3.05, 3.63) is 17.0 Å². The molecular formula is C11H14N2O3. The molecule has 1 saturated carbocycles. The van der Waals surface area contributed by atoms with Crippen LogP contribution in [0.3, 0.4) is 0 Å². The fraction of sp³-hybridized carbons (Fsp3) is 0.545. The zero-order valence-electron chi connectivity index (χ0n) is 9.57. The minimum absolute atomic E-state index is 0.00468. The fourth-order valence-electron chi connectivity index (χ4n) is 2.52. The van der Waals surface area contributed by atoms with Gasteiger partial charge in [-0.05, 0) is 13.8 Å². The standard InChI is InChI=1S/C11H14N2O3/c1-6-9(7(2)13(3)12-6)11(10(15)16)4-8(14)5-11/h4-5H2,1-3H3,(H,15,16). The number of carbonyl (C=O) groups is 2. The van der Waals surface area contributed by atoms with Gasteiger partial charge in [-0.2, -0.15) is 5.10 Å². The number of hydrogen-bond donors (Lipinski definition) is 1. The Morgan fingerprint density at radius 3 is 2.31 bits per heavy atom. The van der Waals surface area contributed by atoms with Gasteiger partial charge in [0, 0.05) is 31.1 Å². The monoisotopic (exact) mass is 222 g/mol. The summed E-state index contributed by atoms with van der Waals surface area (Å²) in [5, 5.41) is 13.5. The maximum absolute atomic E-state index is 11.4. The molecule has 1 heterocycles. The van der Waals surface area contributed by atoms with Crippen LogP contribution < -0.4 is 0 Å². The highest BCUT2D eigenvalue weighted by atomic mass is 16.4. The Balaban J connectivity index is 2.57. The molecule has 1 aliphatic carbocycles. The molecule has 1 aromatic heterocycles. The predicted octanol–water partition coefficient (Wildman–Crippen LogP) is 0.722. The Hall–Kier alpha value is -1.65. The number of Topliss-reactive ketones (excluding diaryl/α,β-unsaturated/α-hetero) is 1. The lowest BCUT2D eigenvalue weighted by molar-refractivity contribution is -0.153. The molecule has 1 N–H and O–H groups in total. The van der Waals surface area contributed by atoms with Crippen molar-refractivity contribution in [2.45, 2.75) is 32.1 Å². The molecule has 2 rings (SSSR count). The smallest absolute Gasteiger partial charge is 0.315 e. The minimum atomic E-state index is -1.03. The lowest BCUT2D eigenvalue weighted by atomic mass is 9.63. The van der Waals surface area contributed by atoms with Crippen LogP contribution in [0.4, 0.5) is 0 Å². The van der Waals surface area contributed by atoms with Crippen LogP contribution in [0.5, 0.6) is 0 Å². The maximum atomic E-state index is 11.4. The summed E-state index contributed by atoms with van der Waals surface area (Å²) >= 11 is 0. The summed E-state index contributed by atoms with van der Waals surface area (Å²) in [6.07, 6.45) is 0.186. The van der Waals surface area contributed by atoms with Crippen LogP contribution in [-0.2, 0) is 22.1 Å². The normalized spacial score (nSPS) is 18.3. The third-order valence-electron chi connectivity index (χ3n) is 3.39. The van der Waals surface area contributed by atoms with Gasteiger partial charge in [-0.15, -0.1) is 0 Å². The molecule has 0 bridgehead atoms. The highest BCUT2D eigenvalue weighted by molar-refractivity contribution is 6.01. The van der Waals surface area contributed by atoms with Crippen LogP contribution >= 0.6 is 0 Å². The number of carboxylic acid groups (broad SMARTS) is 1. The van der Waals surface area contributed by atoms with E-state index in [0.717, 1.165) is 5.69 Å². The fourth-order valence-corrected chi connectivity index (χ4v) is 2.52. The SMILES string of the molecule is Cc1nn(C)c(C)c1C1(C(=O)O)CC(=O)C1. The summed E-state index contributed by atoms with van der Waals surface area (Å²) in [4.78, 5) is 22.5. The number of carbonyl (C=O) groups excluding carboxylic acids is 1. The Morgan fingerprint density at radius 2 is 2.00 bits per heavy atom. The number of carboxylic acids is 1. The van der Waals surface area contributed by atoms with Gasteiger partial charge in [0.05, 0.1) is 5.69 Å². The van der Waals surface area contributed by atoms with Crippen molar-refractivity contribution in [1.82, 2.24) is 9.78 Å². The number of rotatable bonds is 2. The van der Waals surface area contributed by atoms with Crippen molar-refractivity contribution in [3.8, 4) is 0 Å². The van der Waals surface area contributed by atoms with Gasteiger partial charge in [-0.25, -0.2) is 0 Å². The molecule has 0 spiro atoms. The van der Waals surface area contributed by atoms with Gasteiger partial charge in [-0.1, -0.05) is 0 Å². The third kappa shape index (κ3) is 1.20. The second kappa shape index (κ2) is 3.17. The van der Waals surface area contributed by atoms with Gasteiger partial charge in [0.15, 0.2) is 0 Å². The van der Waals surface area contributed by atoms with Gasteiger partial charge in [0.2, 0.25) is 0 Å². The van der Waals surface area contributed by atoms with Gasteiger partial charge in [0.1, 0.15) is 11.2 Å². The third-order valence-corrected chi connectivity index (χ3v) is 3.39. The van der Waals surface area contributed by atoms with Crippen LogP contribution in [0, 0.1) is 13.8 Å². The topological polar surface area (TPSA) is 72.2 Å². The van der Waals surface area contributed by atoms with E-state index in [1.54, 1.807) is 18.7 Å². The molecule has 0 aromatic carbocycles. The molecule has 0 aliphatic heterocycles. The summed E-state index contributed by atoms with van der Waals surface area (Å²) in [7, 11) is 1.78. The van der Waals surface area contributed by atoms with Crippen LogP contribution in [0.25, 0.3) is 0 Å². The highest BCUT2D eigenvalue weighted by Crippen LogP contribution is 2.44. The van der Waals surface area contributed by atoms with Crippen molar-refractivity contribution >= 4 is 11.8 Å². The second-order valence-corrected chi connectivity index (χ2v) is 4.45. The Labute approximate surface area is 93.1 Å². The molecule has 1 aromatic rings. The van der Waals surface area contributed by atoms with E-state index in [1.165, 1.54) is 0 Å². The van der Waals surface area contributed by atoms with Crippen molar-refractivity contribution in [3.63, 3.8) is 0 Å². The zero-order chi connectivity index (χ0) is 12.1. The maximum Gasteiger partial charge on any atom is 0.315 e. The number of hydrogen-bond acceptors (Lipinski definition) is 3. The Morgan fingerprint density at radius 1 is 1.44 bits per heavy atom. The van der Waals surface area contributed by atoms with Gasteiger partial charge in [0.25, 0.3) is 0 Å². The quantitative estimate of drug-likeness (QED) is 0.800. The van der Waals surface area contributed by atoms with Crippen molar-refractivity contribution in [1.29, 1.82) is 0 Å². The molecule has 1 fully saturated rings. The molecule has 0 atom stereocenters. The molecule has 0 unspecified atom stereocenters. The number of aromatic nitrogens is 2. The van der Waals surface area contributed by atoms with Gasteiger partial charge < -0.3 is 5.11 Å². The van der Waals surface area contributed by atoms with Crippen LogP contribution in [-0.4, -0.2) is 26.6 Å². The average Bonchev–Trinajstić information content (AvgIpc) is 2.36. The van der Waals surface area contributed by atoms with Crippen molar-refractivity contribution < 1.29 is 14.7 Å². The van der Waals surface area contributed by atoms with E-state index < -0.39 is 11.4 Å². The summed E-state index contributed by atoms with van der Waals surface area (Å²) in [6, 6.07) is 0. The molecule has 16 heavy (non-hydrogen) atoms. The minimum Gasteiger partial charge on any atom is -0.481 e. The molecule has 0 saturated heterocycles. The van der Waals surface area contributed by atoms with Crippen LogP contribution in [0.2, 0.25) is 0 Å². The first kappa shape index (κ1) is 10.9. The second-order valence-electron chi connectivity index (χ2n) is 4.45. The molecule has 0 radical (unpaired) electrons. The molecule has 1 aliphatic rings. The molecule has 86 valence electrons. The van der Waals surface area contributed by atoms with E-state index in [2.05, 4.69) is 5.10 Å². The lowest BCUT2D eigenvalue weighted by Crippen LogP contribution is -2.49. The van der Waals surface area contributed by atoms with Crippen molar-refractivity contribution in [2.24, 2.45) is 7.05 Å². The number of aryl methyl sites for hydroxylation is 2. The number of nitrogens with zero attached hydrogens (tertiary/aromatic N) is 2. The summed E-state index contributed by atoms with van der Waals surface area (Å²) < 4.78 is 1.66. The first-order valence-corrected chi connectivity index (χ1v) is 5.14. The summed E-state index contributed by atoms with van der Waals surface area (Å²) in [5.41, 5.74) is 1.21. The Bertz CT molecular complexity index is 480. The summed E-state index contributed by atoms with van der Waals surface area (Å²) in [6.45, 7) is 3.62. The first-order chi connectivity index (χ1) is 7.38. The summed E-state index contributed by atoms with van der Waals surface area (Å²) in [5.74, 6) is -0.920. The molecule has 0 amide bonds. The predicted molar refractivity (Wildman–Crippen MR) is 56.2 cm³/mol. The Kier molecular flexibility index (Phi) is 2.15. The van der Waals surface area contributed by atoms with Crippen LogP contribution in [0.15, 0.2) is 0 Å². The number of aliphatic carboxylic acids is 1. The van der Waals surface area contributed by atoms with E-state index in [0.29, 0.717) is 11.3 Å². The van der Waals surface area contributed by atoms with E-state index >= 15 is 0 Å².